The number of anilines is 1. The average molecular weight is 534 g/mol. The fraction of sp³-hybridized carbons (Fsp3) is 0.462. The van der Waals surface area contributed by atoms with E-state index in [4.69, 9.17) is 14.2 Å². The minimum absolute atomic E-state index is 0.117. The Kier molecular flexibility index (Phi) is 9.25. The topological polar surface area (TPSA) is 114 Å². The van der Waals surface area contributed by atoms with Gasteiger partial charge in [0.15, 0.2) is 11.5 Å². The van der Waals surface area contributed by atoms with Crippen molar-refractivity contribution in [2.45, 2.75) is 45.8 Å². The molecule has 1 aliphatic heterocycles. The maximum Gasteiger partial charge on any atom is 0.244 e. The lowest BCUT2D eigenvalue weighted by molar-refractivity contribution is -0.140. The zero-order valence-corrected chi connectivity index (χ0v) is 22.7. The lowest BCUT2D eigenvalue weighted by Crippen LogP contribution is -2.53. The van der Waals surface area contributed by atoms with Gasteiger partial charge in [-0.1, -0.05) is 19.1 Å². The van der Waals surface area contributed by atoms with Crippen LogP contribution in [0.4, 0.5) is 5.69 Å². The first-order chi connectivity index (χ1) is 17.5. The largest absolute Gasteiger partial charge is 0.497 e. The molecule has 2 aromatic carbocycles. The van der Waals surface area contributed by atoms with Crippen LogP contribution >= 0.6 is 0 Å². The molecule has 0 aromatic heterocycles. The number of hydrogen-bond acceptors (Lipinski definition) is 7. The van der Waals surface area contributed by atoms with Gasteiger partial charge in [-0.05, 0) is 50.1 Å². The van der Waals surface area contributed by atoms with Crippen LogP contribution in [0, 0.1) is 0 Å². The third-order valence-corrected chi connectivity index (χ3v) is 6.96. The number of hydrogen-bond donors (Lipinski definition) is 1. The Labute approximate surface area is 218 Å². The number of carbonyl (C=O) groups excluding carboxylic acids is 2. The predicted molar refractivity (Wildman–Crippen MR) is 141 cm³/mol. The first-order valence-electron chi connectivity index (χ1n) is 12.1. The Morgan fingerprint density at radius 3 is 2.27 bits per heavy atom. The molecular formula is C26H35N3O7S. The molecule has 2 aromatic rings. The van der Waals surface area contributed by atoms with Crippen molar-refractivity contribution in [2.75, 3.05) is 37.4 Å². The molecule has 202 valence electrons. The van der Waals surface area contributed by atoms with Crippen LogP contribution < -0.4 is 23.8 Å². The summed E-state index contributed by atoms with van der Waals surface area (Å²) in [6, 6.07) is 11.0. The van der Waals surface area contributed by atoms with Crippen molar-refractivity contribution in [1.29, 1.82) is 0 Å². The van der Waals surface area contributed by atoms with Crippen molar-refractivity contribution in [3.8, 4) is 17.2 Å². The highest BCUT2D eigenvalue weighted by molar-refractivity contribution is 7.92. The molecule has 1 atom stereocenters. The molecule has 3 rings (SSSR count). The summed E-state index contributed by atoms with van der Waals surface area (Å²) in [5.74, 6) is 0.759. The number of nitrogens with zero attached hydrogens (tertiary/aromatic N) is 2. The van der Waals surface area contributed by atoms with Crippen LogP contribution in [0.5, 0.6) is 17.2 Å². The summed E-state index contributed by atoms with van der Waals surface area (Å²) in [7, 11) is -2.29. The zero-order chi connectivity index (χ0) is 27.2. The van der Waals surface area contributed by atoms with Gasteiger partial charge in [0.25, 0.3) is 0 Å². The zero-order valence-electron chi connectivity index (χ0n) is 21.9. The van der Waals surface area contributed by atoms with Crippen LogP contribution in [0.15, 0.2) is 42.5 Å². The quantitative estimate of drug-likeness (QED) is 0.472. The van der Waals surface area contributed by atoms with Crippen LogP contribution in [0.2, 0.25) is 0 Å². The molecule has 1 unspecified atom stereocenters. The maximum atomic E-state index is 13.7. The monoisotopic (exact) mass is 533 g/mol. The highest BCUT2D eigenvalue weighted by Crippen LogP contribution is 2.34. The number of methoxy groups -OCH3 is 1. The lowest BCUT2D eigenvalue weighted by atomic mass is 10.1. The standard InChI is InChI=1S/C26H35N3O7S/c1-6-22(26(31)27-18(2)3)28(16-19-7-10-21(34-4)11-8-19)25(30)17-29(37(5,32)33)20-9-12-23-24(15-20)36-14-13-35-23/h7-12,15,18,22H,6,13-14,16-17H2,1-5H3,(H,27,31). The number of rotatable bonds is 11. The number of amides is 2. The number of fused-ring (bicyclic) bond motifs is 1. The van der Waals surface area contributed by atoms with Crippen molar-refractivity contribution in [3.05, 3.63) is 48.0 Å². The summed E-state index contributed by atoms with van der Waals surface area (Å²) in [6.07, 6.45) is 1.39. The van der Waals surface area contributed by atoms with E-state index >= 15 is 0 Å². The van der Waals surface area contributed by atoms with Crippen LogP contribution in [-0.2, 0) is 26.2 Å². The SMILES string of the molecule is CCC(C(=O)NC(C)C)N(Cc1ccc(OC)cc1)C(=O)CN(c1ccc2c(c1)OCCO2)S(C)(=O)=O. The van der Waals surface area contributed by atoms with E-state index in [0.717, 1.165) is 16.1 Å². The van der Waals surface area contributed by atoms with Crippen LogP contribution in [-0.4, -0.2) is 70.3 Å². The minimum atomic E-state index is -3.85. The van der Waals surface area contributed by atoms with Gasteiger partial charge in [-0.2, -0.15) is 0 Å². The van der Waals surface area contributed by atoms with Gasteiger partial charge in [0.1, 0.15) is 31.5 Å². The molecule has 0 fully saturated rings. The molecule has 0 aliphatic carbocycles. The first-order valence-corrected chi connectivity index (χ1v) is 14.0. The highest BCUT2D eigenvalue weighted by atomic mass is 32.2. The third kappa shape index (κ3) is 7.28. The summed E-state index contributed by atoms with van der Waals surface area (Å²) >= 11 is 0. The second-order valence-corrected chi connectivity index (χ2v) is 11.0. The van der Waals surface area contributed by atoms with Crippen LogP contribution in [0.3, 0.4) is 0 Å². The molecule has 10 nitrogen and oxygen atoms in total. The van der Waals surface area contributed by atoms with Gasteiger partial charge in [-0.25, -0.2) is 8.42 Å². The fourth-order valence-electron chi connectivity index (χ4n) is 4.03. The van der Waals surface area contributed by atoms with Crippen LogP contribution in [0.1, 0.15) is 32.8 Å². The van der Waals surface area contributed by atoms with Gasteiger partial charge in [-0.15, -0.1) is 0 Å². The molecule has 0 spiro atoms. The minimum Gasteiger partial charge on any atom is -0.497 e. The molecule has 37 heavy (non-hydrogen) atoms. The van der Waals surface area contributed by atoms with E-state index in [1.165, 1.54) is 4.90 Å². The first kappa shape index (κ1) is 28.1. The molecule has 0 saturated carbocycles. The van der Waals surface area contributed by atoms with E-state index in [1.807, 2.05) is 20.8 Å². The summed E-state index contributed by atoms with van der Waals surface area (Å²) in [6.45, 7) is 5.87. The van der Waals surface area contributed by atoms with Crippen molar-refractivity contribution < 1.29 is 32.2 Å². The van der Waals surface area contributed by atoms with E-state index < -0.39 is 28.5 Å². The van der Waals surface area contributed by atoms with E-state index in [2.05, 4.69) is 5.32 Å². The normalized spacial score (nSPS) is 13.6. The smallest absolute Gasteiger partial charge is 0.244 e. The lowest BCUT2D eigenvalue weighted by Gasteiger charge is -2.33. The Balaban J connectivity index is 1.95. The van der Waals surface area contributed by atoms with Crippen molar-refractivity contribution >= 4 is 27.5 Å². The molecular weight excluding hydrogens is 498 g/mol. The summed E-state index contributed by atoms with van der Waals surface area (Å²) in [5, 5.41) is 2.87. The number of sulfonamides is 1. The van der Waals surface area contributed by atoms with E-state index in [9.17, 15) is 18.0 Å². The average Bonchev–Trinajstić information content (AvgIpc) is 2.86. The second-order valence-electron chi connectivity index (χ2n) is 9.05. The Morgan fingerprint density at radius 2 is 1.70 bits per heavy atom. The molecule has 0 radical (unpaired) electrons. The number of ether oxygens (including phenoxy) is 3. The molecule has 1 heterocycles. The summed E-state index contributed by atoms with van der Waals surface area (Å²) in [4.78, 5) is 28.2. The molecule has 0 bridgehead atoms. The summed E-state index contributed by atoms with van der Waals surface area (Å²) in [5.41, 5.74) is 1.04. The van der Waals surface area contributed by atoms with Gasteiger partial charge < -0.3 is 24.4 Å². The predicted octanol–water partition coefficient (Wildman–Crippen LogP) is 2.56. The third-order valence-electron chi connectivity index (χ3n) is 5.82. The van der Waals surface area contributed by atoms with Crippen molar-refractivity contribution in [1.82, 2.24) is 10.2 Å². The number of benzene rings is 2. The maximum absolute atomic E-state index is 13.7. The van der Waals surface area contributed by atoms with E-state index in [-0.39, 0.29) is 24.2 Å². The Morgan fingerprint density at radius 1 is 1.05 bits per heavy atom. The van der Waals surface area contributed by atoms with Gasteiger partial charge >= 0.3 is 0 Å². The van der Waals surface area contributed by atoms with Crippen LogP contribution in [0.25, 0.3) is 0 Å². The molecule has 2 amide bonds. The van der Waals surface area contributed by atoms with Crippen molar-refractivity contribution in [3.63, 3.8) is 0 Å². The van der Waals surface area contributed by atoms with Gasteiger partial charge in [0, 0.05) is 18.7 Å². The number of nitrogens with one attached hydrogen (secondary N) is 1. The van der Waals surface area contributed by atoms with Gasteiger partial charge in [0.05, 0.1) is 19.1 Å². The molecule has 1 aliphatic rings. The van der Waals surface area contributed by atoms with Gasteiger partial charge in [0.2, 0.25) is 21.8 Å². The second kappa shape index (κ2) is 12.2. The van der Waals surface area contributed by atoms with E-state index in [1.54, 1.807) is 49.6 Å². The fourth-order valence-corrected chi connectivity index (χ4v) is 4.87. The highest BCUT2D eigenvalue weighted by Gasteiger charge is 2.32. The molecule has 1 N–H and O–H groups in total. The number of carbonyl (C=O) groups is 2. The van der Waals surface area contributed by atoms with E-state index in [0.29, 0.717) is 36.9 Å². The Hall–Kier alpha value is -3.47. The summed E-state index contributed by atoms with van der Waals surface area (Å²) < 4.78 is 42.9. The molecule has 0 saturated heterocycles. The van der Waals surface area contributed by atoms with Crippen molar-refractivity contribution in [2.24, 2.45) is 0 Å². The molecule has 11 heteroatoms. The van der Waals surface area contributed by atoms with Gasteiger partial charge in [-0.3, -0.25) is 13.9 Å². The Bertz CT molecular complexity index is 1200.